The molecule has 154 valence electrons. The van der Waals surface area contributed by atoms with Crippen LogP contribution < -0.4 is 0 Å². The van der Waals surface area contributed by atoms with Crippen molar-refractivity contribution in [3.05, 3.63) is 71.8 Å². The number of rotatable bonds is 7. The van der Waals surface area contributed by atoms with Crippen LogP contribution in [0.5, 0.6) is 0 Å². The van der Waals surface area contributed by atoms with E-state index in [9.17, 15) is 4.79 Å². The Labute approximate surface area is 173 Å². The van der Waals surface area contributed by atoms with Gasteiger partial charge in [0.1, 0.15) is 0 Å². The SMILES string of the molecule is CCCCOC(=O)[C@@]1(C)C[C@H]2N(Cc3ccccc3)C[C@H](c3ccccc3)N2O1. The number of carbonyl (C=O) groups is 1. The zero-order valence-corrected chi connectivity index (χ0v) is 17.3. The fourth-order valence-corrected chi connectivity index (χ4v) is 4.25. The van der Waals surface area contributed by atoms with Gasteiger partial charge in [-0.3, -0.25) is 9.74 Å². The number of fused-ring (bicyclic) bond motifs is 1. The van der Waals surface area contributed by atoms with E-state index in [1.54, 1.807) is 0 Å². The molecule has 2 aromatic carbocycles. The van der Waals surface area contributed by atoms with E-state index in [-0.39, 0.29) is 18.2 Å². The largest absolute Gasteiger partial charge is 0.464 e. The van der Waals surface area contributed by atoms with E-state index in [1.165, 1.54) is 11.1 Å². The van der Waals surface area contributed by atoms with Crippen LogP contribution in [0.4, 0.5) is 0 Å². The van der Waals surface area contributed by atoms with Crippen LogP contribution in [0.1, 0.15) is 50.3 Å². The smallest absolute Gasteiger partial charge is 0.340 e. The summed E-state index contributed by atoms with van der Waals surface area (Å²) in [7, 11) is 0. The van der Waals surface area contributed by atoms with Crippen LogP contribution in [-0.2, 0) is 20.9 Å². The predicted octanol–water partition coefficient (Wildman–Crippen LogP) is 4.31. The van der Waals surface area contributed by atoms with Crippen molar-refractivity contribution in [3.63, 3.8) is 0 Å². The van der Waals surface area contributed by atoms with Gasteiger partial charge in [0.2, 0.25) is 0 Å². The first-order chi connectivity index (χ1) is 14.1. The second-order valence-corrected chi connectivity index (χ2v) is 8.20. The summed E-state index contributed by atoms with van der Waals surface area (Å²) in [5, 5.41) is 2.03. The van der Waals surface area contributed by atoms with Gasteiger partial charge in [0, 0.05) is 19.5 Å². The maximum absolute atomic E-state index is 12.8. The number of carbonyl (C=O) groups excluding carboxylic acids is 1. The summed E-state index contributed by atoms with van der Waals surface area (Å²) in [6, 6.07) is 21.0. The summed E-state index contributed by atoms with van der Waals surface area (Å²) >= 11 is 0. The molecule has 0 bridgehead atoms. The van der Waals surface area contributed by atoms with E-state index in [1.807, 2.05) is 24.1 Å². The van der Waals surface area contributed by atoms with E-state index in [4.69, 9.17) is 9.57 Å². The quantitative estimate of drug-likeness (QED) is 0.517. The van der Waals surface area contributed by atoms with Gasteiger partial charge >= 0.3 is 5.97 Å². The maximum atomic E-state index is 12.8. The lowest BCUT2D eigenvalue weighted by molar-refractivity contribution is -0.225. The molecule has 0 radical (unpaired) electrons. The van der Waals surface area contributed by atoms with E-state index >= 15 is 0 Å². The predicted molar refractivity (Wildman–Crippen MR) is 112 cm³/mol. The molecule has 2 aliphatic heterocycles. The molecule has 4 rings (SSSR count). The zero-order chi connectivity index (χ0) is 20.3. The summed E-state index contributed by atoms with van der Waals surface area (Å²) < 4.78 is 5.52. The lowest BCUT2D eigenvalue weighted by atomic mass is 10.0. The molecule has 0 aromatic heterocycles. The number of unbranched alkanes of at least 4 members (excludes halogenated alkanes) is 1. The lowest BCUT2D eigenvalue weighted by Crippen LogP contribution is -2.40. The minimum Gasteiger partial charge on any atom is -0.464 e. The van der Waals surface area contributed by atoms with Crippen LogP contribution in [-0.4, -0.2) is 40.9 Å². The summed E-state index contributed by atoms with van der Waals surface area (Å²) in [4.78, 5) is 21.5. The Kier molecular flexibility index (Phi) is 5.99. The molecule has 3 atom stereocenters. The molecular formula is C24H30N2O3. The Morgan fingerprint density at radius 3 is 2.52 bits per heavy atom. The van der Waals surface area contributed by atoms with E-state index < -0.39 is 5.60 Å². The Morgan fingerprint density at radius 1 is 1.14 bits per heavy atom. The van der Waals surface area contributed by atoms with Crippen molar-refractivity contribution in [2.24, 2.45) is 0 Å². The van der Waals surface area contributed by atoms with Crippen molar-refractivity contribution in [1.82, 2.24) is 9.96 Å². The summed E-state index contributed by atoms with van der Waals surface area (Å²) in [5.74, 6) is -0.258. The van der Waals surface area contributed by atoms with E-state index in [0.717, 1.165) is 25.9 Å². The van der Waals surface area contributed by atoms with Crippen LogP contribution in [0.15, 0.2) is 60.7 Å². The Morgan fingerprint density at radius 2 is 1.83 bits per heavy atom. The third-order valence-electron chi connectivity index (χ3n) is 5.88. The lowest BCUT2D eigenvalue weighted by Gasteiger charge is -2.26. The van der Waals surface area contributed by atoms with Gasteiger partial charge in [0.25, 0.3) is 0 Å². The van der Waals surface area contributed by atoms with Gasteiger partial charge in [0.05, 0.1) is 18.8 Å². The number of benzene rings is 2. The highest BCUT2D eigenvalue weighted by molar-refractivity contribution is 5.79. The van der Waals surface area contributed by atoms with Gasteiger partial charge in [-0.1, -0.05) is 74.0 Å². The molecule has 0 spiro atoms. The highest BCUT2D eigenvalue weighted by atomic mass is 16.7. The van der Waals surface area contributed by atoms with E-state index in [0.29, 0.717) is 13.0 Å². The fourth-order valence-electron chi connectivity index (χ4n) is 4.25. The molecule has 2 saturated heterocycles. The second kappa shape index (κ2) is 8.66. The molecule has 2 aliphatic rings. The molecule has 0 N–H and O–H groups in total. The average molecular weight is 395 g/mol. The molecule has 2 fully saturated rings. The van der Waals surface area contributed by atoms with Gasteiger partial charge in [-0.15, -0.1) is 0 Å². The third-order valence-corrected chi connectivity index (χ3v) is 5.88. The molecule has 0 unspecified atom stereocenters. The maximum Gasteiger partial charge on any atom is 0.340 e. The van der Waals surface area contributed by atoms with E-state index in [2.05, 4.69) is 60.4 Å². The number of hydrogen-bond donors (Lipinski definition) is 0. The van der Waals surface area contributed by atoms with Crippen LogP contribution in [0, 0.1) is 0 Å². The minimum atomic E-state index is -0.944. The van der Waals surface area contributed by atoms with Crippen molar-refractivity contribution >= 4 is 5.97 Å². The van der Waals surface area contributed by atoms with Crippen molar-refractivity contribution in [1.29, 1.82) is 0 Å². The molecule has 5 nitrogen and oxygen atoms in total. The number of ether oxygens (including phenoxy) is 1. The number of hydroxylamine groups is 2. The Hall–Kier alpha value is -2.21. The topological polar surface area (TPSA) is 42.0 Å². The van der Waals surface area contributed by atoms with Gasteiger partial charge in [-0.05, 0) is 24.5 Å². The van der Waals surface area contributed by atoms with Crippen molar-refractivity contribution in [2.45, 2.75) is 57.5 Å². The third kappa shape index (κ3) is 4.22. The Balaban J connectivity index is 1.56. The highest BCUT2D eigenvalue weighted by Gasteiger charge is 2.56. The second-order valence-electron chi connectivity index (χ2n) is 8.20. The van der Waals surface area contributed by atoms with Crippen LogP contribution in [0.25, 0.3) is 0 Å². The normalized spacial score (nSPS) is 27.1. The molecule has 2 aromatic rings. The minimum absolute atomic E-state index is 0.0455. The van der Waals surface area contributed by atoms with Gasteiger partial charge < -0.3 is 4.74 Å². The molecule has 2 heterocycles. The number of hydrogen-bond acceptors (Lipinski definition) is 5. The Bertz CT molecular complexity index is 813. The molecule has 5 heteroatoms. The monoisotopic (exact) mass is 394 g/mol. The summed E-state index contributed by atoms with van der Waals surface area (Å²) in [6.07, 6.45) is 2.53. The van der Waals surface area contributed by atoms with Crippen molar-refractivity contribution < 1.29 is 14.4 Å². The molecular weight excluding hydrogens is 364 g/mol. The van der Waals surface area contributed by atoms with Crippen molar-refractivity contribution in [3.8, 4) is 0 Å². The van der Waals surface area contributed by atoms with Crippen LogP contribution >= 0.6 is 0 Å². The first kappa shape index (κ1) is 20.1. The molecule has 29 heavy (non-hydrogen) atoms. The molecule has 0 saturated carbocycles. The number of esters is 1. The first-order valence-corrected chi connectivity index (χ1v) is 10.6. The average Bonchev–Trinajstić information content (AvgIpc) is 3.26. The van der Waals surface area contributed by atoms with Gasteiger partial charge in [-0.25, -0.2) is 4.79 Å². The molecule has 0 aliphatic carbocycles. The van der Waals surface area contributed by atoms with Crippen molar-refractivity contribution in [2.75, 3.05) is 13.2 Å². The summed E-state index contributed by atoms with van der Waals surface area (Å²) in [6.45, 7) is 6.10. The zero-order valence-electron chi connectivity index (χ0n) is 17.3. The summed E-state index contributed by atoms with van der Waals surface area (Å²) in [5.41, 5.74) is 1.53. The van der Waals surface area contributed by atoms with Crippen LogP contribution in [0.2, 0.25) is 0 Å². The molecule has 0 amide bonds. The standard InChI is InChI=1S/C24H30N2O3/c1-3-4-15-28-23(27)24(2)16-22-25(17-19-11-7-5-8-12-19)18-21(26(22)29-24)20-13-9-6-10-14-20/h5-14,21-22H,3-4,15-18H2,1-2H3/t21-,22+,24-/m1/s1. The fraction of sp³-hybridized carbons (Fsp3) is 0.458. The van der Waals surface area contributed by atoms with Gasteiger partial charge in [-0.2, -0.15) is 5.06 Å². The first-order valence-electron chi connectivity index (χ1n) is 10.6. The number of nitrogens with zero attached hydrogens (tertiary/aromatic N) is 2. The van der Waals surface area contributed by atoms with Crippen LogP contribution in [0.3, 0.4) is 0 Å². The van der Waals surface area contributed by atoms with Gasteiger partial charge in [0.15, 0.2) is 5.60 Å². The highest BCUT2D eigenvalue weighted by Crippen LogP contribution is 2.44.